The number of hydrogen-bond donors (Lipinski definition) is 0. The summed E-state index contributed by atoms with van der Waals surface area (Å²) in [5, 5.41) is 0. The Bertz CT molecular complexity index is 172. The number of hydroxylamine groups is 1. The molecule has 0 unspecified atom stereocenters. The summed E-state index contributed by atoms with van der Waals surface area (Å²) < 4.78 is 6.25. The first-order chi connectivity index (χ1) is 5.49. The summed E-state index contributed by atoms with van der Waals surface area (Å²) in [6.07, 6.45) is -0.426. The van der Waals surface area contributed by atoms with Gasteiger partial charge in [-0.2, -0.15) is 0 Å². The summed E-state index contributed by atoms with van der Waals surface area (Å²) in [6.45, 7) is 6.05. The standard InChI is InChI=1S/C7H13NO3S/c1-7(2,3)11-6(9)8-10-4-5-12-8/h4-5H2,1-3H3. The molecule has 0 spiro atoms. The van der Waals surface area contributed by atoms with Crippen molar-refractivity contribution in [3.63, 3.8) is 0 Å². The fourth-order valence-corrected chi connectivity index (χ4v) is 1.29. The Kier molecular flexibility index (Phi) is 2.85. The summed E-state index contributed by atoms with van der Waals surface area (Å²) in [6, 6.07) is 0. The van der Waals surface area contributed by atoms with Crippen LogP contribution in [0.25, 0.3) is 0 Å². The van der Waals surface area contributed by atoms with Gasteiger partial charge in [0.2, 0.25) is 0 Å². The van der Waals surface area contributed by atoms with Crippen molar-refractivity contribution in [1.29, 1.82) is 0 Å². The van der Waals surface area contributed by atoms with Gasteiger partial charge in [-0.05, 0) is 32.7 Å². The van der Waals surface area contributed by atoms with E-state index < -0.39 is 11.7 Å². The third-order valence-electron chi connectivity index (χ3n) is 1.04. The van der Waals surface area contributed by atoms with E-state index >= 15 is 0 Å². The van der Waals surface area contributed by atoms with Gasteiger partial charge in [0, 0.05) is 5.75 Å². The predicted octanol–water partition coefficient (Wildman–Crippen LogP) is 1.82. The maximum Gasteiger partial charge on any atom is 0.445 e. The molecule has 0 bridgehead atoms. The topological polar surface area (TPSA) is 38.8 Å². The third-order valence-corrected chi connectivity index (χ3v) is 1.88. The van der Waals surface area contributed by atoms with Crippen molar-refractivity contribution >= 4 is 18.0 Å². The van der Waals surface area contributed by atoms with E-state index in [2.05, 4.69) is 0 Å². The highest BCUT2D eigenvalue weighted by atomic mass is 32.2. The van der Waals surface area contributed by atoms with Crippen LogP contribution in [0.5, 0.6) is 0 Å². The van der Waals surface area contributed by atoms with E-state index in [1.54, 1.807) is 0 Å². The Morgan fingerprint density at radius 2 is 2.25 bits per heavy atom. The van der Waals surface area contributed by atoms with Crippen LogP contribution in [0.2, 0.25) is 0 Å². The molecule has 1 saturated heterocycles. The number of nitrogens with zero attached hydrogens (tertiary/aromatic N) is 1. The molecule has 1 aliphatic heterocycles. The van der Waals surface area contributed by atoms with E-state index in [-0.39, 0.29) is 0 Å². The third kappa shape index (κ3) is 2.91. The summed E-state index contributed by atoms with van der Waals surface area (Å²) >= 11 is 1.33. The monoisotopic (exact) mass is 191 g/mol. The molecule has 12 heavy (non-hydrogen) atoms. The minimum atomic E-state index is -0.455. The Morgan fingerprint density at radius 1 is 1.58 bits per heavy atom. The van der Waals surface area contributed by atoms with Gasteiger partial charge in [0.05, 0.1) is 6.61 Å². The van der Waals surface area contributed by atoms with E-state index in [1.165, 1.54) is 16.4 Å². The highest BCUT2D eigenvalue weighted by Gasteiger charge is 2.26. The first-order valence-corrected chi connectivity index (χ1v) is 4.72. The van der Waals surface area contributed by atoms with Gasteiger partial charge in [0.25, 0.3) is 0 Å². The van der Waals surface area contributed by atoms with Crippen molar-refractivity contribution in [2.45, 2.75) is 26.4 Å². The Balaban J connectivity index is 2.37. The summed E-state index contributed by atoms with van der Waals surface area (Å²) in [7, 11) is 0. The van der Waals surface area contributed by atoms with Gasteiger partial charge in [-0.25, -0.2) is 4.79 Å². The molecule has 0 N–H and O–H groups in total. The second kappa shape index (κ2) is 3.53. The summed E-state index contributed by atoms with van der Waals surface area (Å²) in [4.78, 5) is 16.2. The SMILES string of the molecule is CC(C)(C)OC(=O)N1OCCS1. The molecule has 0 radical (unpaired) electrons. The van der Waals surface area contributed by atoms with Crippen LogP contribution in [0.4, 0.5) is 4.79 Å². The lowest BCUT2D eigenvalue weighted by Crippen LogP contribution is -2.30. The minimum Gasteiger partial charge on any atom is -0.442 e. The molecule has 0 aromatic heterocycles. The fourth-order valence-electron chi connectivity index (χ4n) is 0.682. The Labute approximate surface area is 76.3 Å². The van der Waals surface area contributed by atoms with Gasteiger partial charge in [0.15, 0.2) is 0 Å². The predicted molar refractivity (Wildman–Crippen MR) is 46.5 cm³/mol. The van der Waals surface area contributed by atoms with Gasteiger partial charge in [-0.1, -0.05) is 0 Å². The van der Waals surface area contributed by atoms with E-state index in [4.69, 9.17) is 9.57 Å². The van der Waals surface area contributed by atoms with Crippen molar-refractivity contribution in [3.05, 3.63) is 0 Å². The van der Waals surface area contributed by atoms with Crippen molar-refractivity contribution in [1.82, 2.24) is 4.47 Å². The number of amides is 1. The largest absolute Gasteiger partial charge is 0.445 e. The smallest absolute Gasteiger partial charge is 0.442 e. The fraction of sp³-hybridized carbons (Fsp3) is 0.857. The van der Waals surface area contributed by atoms with E-state index in [0.29, 0.717) is 6.61 Å². The minimum absolute atomic E-state index is 0.426. The van der Waals surface area contributed by atoms with Crippen LogP contribution in [0.3, 0.4) is 0 Å². The van der Waals surface area contributed by atoms with Crippen LogP contribution in [0.1, 0.15) is 20.8 Å². The van der Waals surface area contributed by atoms with Gasteiger partial charge >= 0.3 is 6.09 Å². The van der Waals surface area contributed by atoms with Crippen LogP contribution in [0, 0.1) is 0 Å². The average Bonchev–Trinajstić information content (AvgIpc) is 2.32. The lowest BCUT2D eigenvalue weighted by Gasteiger charge is -2.22. The Morgan fingerprint density at radius 3 is 2.67 bits per heavy atom. The average molecular weight is 191 g/mol. The first kappa shape index (κ1) is 9.67. The zero-order valence-electron chi connectivity index (χ0n) is 7.49. The van der Waals surface area contributed by atoms with Crippen LogP contribution in [-0.4, -0.2) is 28.5 Å². The maximum atomic E-state index is 11.2. The summed E-state index contributed by atoms with van der Waals surface area (Å²) in [5.41, 5.74) is -0.455. The molecular formula is C7H13NO3S. The molecule has 0 aromatic rings. The molecule has 1 rings (SSSR count). The number of carbonyl (C=O) groups is 1. The van der Waals surface area contributed by atoms with Crippen molar-refractivity contribution in [2.75, 3.05) is 12.4 Å². The second-order valence-electron chi connectivity index (χ2n) is 3.40. The number of carbonyl (C=O) groups excluding carboxylic acids is 1. The molecule has 0 saturated carbocycles. The van der Waals surface area contributed by atoms with Gasteiger partial charge < -0.3 is 4.74 Å². The molecule has 4 nitrogen and oxygen atoms in total. The lowest BCUT2D eigenvalue weighted by atomic mass is 10.2. The van der Waals surface area contributed by atoms with Crippen LogP contribution >= 0.6 is 11.9 Å². The van der Waals surface area contributed by atoms with Gasteiger partial charge in [0.1, 0.15) is 5.60 Å². The molecule has 70 valence electrons. The van der Waals surface area contributed by atoms with Gasteiger partial charge in [-0.15, -0.1) is 4.47 Å². The normalized spacial score (nSPS) is 18.1. The number of ether oxygens (including phenoxy) is 1. The molecule has 1 heterocycles. The molecule has 0 atom stereocenters. The maximum absolute atomic E-state index is 11.2. The van der Waals surface area contributed by atoms with E-state index in [0.717, 1.165) is 5.75 Å². The second-order valence-corrected chi connectivity index (χ2v) is 4.40. The molecule has 1 amide bonds. The van der Waals surface area contributed by atoms with Crippen LogP contribution < -0.4 is 0 Å². The van der Waals surface area contributed by atoms with Crippen molar-refractivity contribution in [3.8, 4) is 0 Å². The highest BCUT2D eigenvalue weighted by molar-refractivity contribution is 7.97. The zero-order valence-corrected chi connectivity index (χ0v) is 8.31. The van der Waals surface area contributed by atoms with Crippen LogP contribution in [-0.2, 0) is 9.57 Å². The Hall–Kier alpha value is -0.420. The quantitative estimate of drug-likeness (QED) is 0.547. The molecule has 0 aliphatic carbocycles. The van der Waals surface area contributed by atoms with Gasteiger partial charge in [-0.3, -0.25) is 4.84 Å². The van der Waals surface area contributed by atoms with Crippen molar-refractivity contribution < 1.29 is 14.4 Å². The molecule has 1 aliphatic rings. The molecule has 5 heteroatoms. The highest BCUT2D eigenvalue weighted by Crippen LogP contribution is 2.21. The first-order valence-electron chi connectivity index (χ1n) is 3.78. The number of rotatable bonds is 0. The lowest BCUT2D eigenvalue weighted by molar-refractivity contribution is -0.0651. The molecule has 1 fully saturated rings. The zero-order chi connectivity index (χ0) is 9.19. The molecule has 0 aromatic carbocycles. The summed E-state index contributed by atoms with van der Waals surface area (Å²) in [5.74, 6) is 0.805. The van der Waals surface area contributed by atoms with Crippen LogP contribution in [0.15, 0.2) is 0 Å². The van der Waals surface area contributed by atoms with E-state index in [1.807, 2.05) is 20.8 Å². The molecular weight excluding hydrogens is 178 g/mol. The number of hydrogen-bond acceptors (Lipinski definition) is 4. The van der Waals surface area contributed by atoms with Crippen molar-refractivity contribution in [2.24, 2.45) is 0 Å². The van der Waals surface area contributed by atoms with E-state index in [9.17, 15) is 4.79 Å².